The second kappa shape index (κ2) is 9.73. The number of nitrogens with one attached hydrogen (secondary N) is 1. The molecule has 34 heavy (non-hydrogen) atoms. The largest absolute Gasteiger partial charge is 0.496 e. The van der Waals surface area contributed by atoms with Crippen molar-refractivity contribution in [3.8, 4) is 5.75 Å². The van der Waals surface area contributed by atoms with Gasteiger partial charge in [-0.3, -0.25) is 9.58 Å². The number of aliphatic hydroxyl groups is 1. The van der Waals surface area contributed by atoms with Crippen molar-refractivity contribution >= 4 is 22.8 Å². The van der Waals surface area contributed by atoms with E-state index >= 15 is 0 Å². The Bertz CT molecular complexity index is 1140. The highest BCUT2D eigenvalue weighted by atomic mass is 16.5. The van der Waals surface area contributed by atoms with Crippen LogP contribution < -0.4 is 15.8 Å². The fourth-order valence-electron chi connectivity index (χ4n) is 4.59. The third-order valence-electron chi connectivity index (χ3n) is 6.73. The molecule has 4 N–H and O–H groups in total. The lowest BCUT2D eigenvalue weighted by atomic mass is 10.1. The molecule has 0 radical (unpaired) electrons. The Hall–Kier alpha value is -2.95. The van der Waals surface area contributed by atoms with Crippen molar-refractivity contribution in [2.45, 2.75) is 44.6 Å². The maximum absolute atomic E-state index is 10.2. The molecule has 1 saturated heterocycles. The summed E-state index contributed by atoms with van der Waals surface area (Å²) in [4.78, 5) is 11.1. The summed E-state index contributed by atoms with van der Waals surface area (Å²) < 4.78 is 12.9. The van der Waals surface area contributed by atoms with Crippen molar-refractivity contribution < 1.29 is 14.6 Å². The standard InChI is InChI=1S/C24H33N7O3/c1-33-18-13-30(14-18)11-15-3-6-21(34-2)17(9-15)12-31-22-19(10-27-31)28-24(25)29-23(22)26-8-7-20(32)16-4-5-16/h3,6,9-10,16,18,20,32H,4-5,7-8,11-14H2,1-2H3,(H3,25,26,28,29)/t20-/m0/s1. The molecule has 2 fully saturated rings. The number of fused-ring (bicyclic) bond motifs is 1. The number of anilines is 2. The van der Waals surface area contributed by atoms with Gasteiger partial charge in [-0.25, -0.2) is 4.98 Å². The molecule has 10 heteroatoms. The van der Waals surface area contributed by atoms with Gasteiger partial charge in [-0.2, -0.15) is 10.1 Å². The molecule has 3 aromatic rings. The van der Waals surface area contributed by atoms with Crippen LogP contribution in [-0.4, -0.2) is 75.8 Å². The van der Waals surface area contributed by atoms with Gasteiger partial charge in [0.2, 0.25) is 5.95 Å². The topological polar surface area (TPSA) is 124 Å². The van der Waals surface area contributed by atoms with Gasteiger partial charge < -0.3 is 25.6 Å². The molecule has 1 saturated carbocycles. The molecule has 5 rings (SSSR count). The summed E-state index contributed by atoms with van der Waals surface area (Å²) in [6, 6.07) is 6.28. The van der Waals surface area contributed by atoms with E-state index in [1.807, 2.05) is 10.7 Å². The number of ether oxygens (including phenoxy) is 2. The number of aliphatic hydroxyl groups excluding tert-OH is 1. The normalized spacial score (nSPS) is 17.6. The number of rotatable bonds is 11. The number of nitrogen functional groups attached to an aromatic ring is 1. The monoisotopic (exact) mass is 467 g/mol. The maximum atomic E-state index is 10.2. The molecule has 0 spiro atoms. The number of aromatic nitrogens is 4. The molecule has 1 aliphatic carbocycles. The van der Waals surface area contributed by atoms with E-state index in [0.29, 0.717) is 42.9 Å². The number of nitrogens with two attached hydrogens (primary N) is 1. The lowest BCUT2D eigenvalue weighted by Gasteiger charge is -2.38. The zero-order chi connectivity index (χ0) is 23.7. The first-order valence-corrected chi connectivity index (χ1v) is 11.9. The number of nitrogens with zero attached hydrogens (tertiary/aromatic N) is 5. The van der Waals surface area contributed by atoms with Gasteiger partial charge >= 0.3 is 0 Å². The predicted molar refractivity (Wildman–Crippen MR) is 130 cm³/mol. The predicted octanol–water partition coefficient (Wildman–Crippen LogP) is 1.87. The van der Waals surface area contributed by atoms with Gasteiger partial charge in [-0.05, 0) is 42.9 Å². The van der Waals surface area contributed by atoms with Crippen LogP contribution in [0.4, 0.5) is 11.8 Å². The quantitative estimate of drug-likeness (QED) is 0.388. The molecule has 182 valence electrons. The lowest BCUT2D eigenvalue weighted by molar-refractivity contribution is -0.0334. The summed E-state index contributed by atoms with van der Waals surface area (Å²) in [5.41, 5.74) is 9.66. The minimum atomic E-state index is -0.273. The summed E-state index contributed by atoms with van der Waals surface area (Å²) in [5, 5.41) is 18.1. The first-order valence-electron chi connectivity index (χ1n) is 11.9. The van der Waals surface area contributed by atoms with Crippen molar-refractivity contribution in [2.24, 2.45) is 5.92 Å². The average Bonchev–Trinajstić information content (AvgIpc) is 3.58. The molecule has 10 nitrogen and oxygen atoms in total. The summed E-state index contributed by atoms with van der Waals surface area (Å²) in [7, 11) is 3.44. The van der Waals surface area contributed by atoms with Crippen molar-refractivity contribution in [1.82, 2.24) is 24.6 Å². The SMILES string of the molecule is COc1ccc(CN2CC(OC)C2)cc1Cn1ncc2nc(N)nc(NCC[C@H](O)C3CC3)c21. The van der Waals surface area contributed by atoms with Crippen LogP contribution in [0.3, 0.4) is 0 Å². The lowest BCUT2D eigenvalue weighted by Crippen LogP contribution is -2.50. The molecule has 1 aliphatic heterocycles. The van der Waals surface area contributed by atoms with Gasteiger partial charge in [0, 0.05) is 38.9 Å². The maximum Gasteiger partial charge on any atom is 0.222 e. The highest BCUT2D eigenvalue weighted by Gasteiger charge is 2.29. The van der Waals surface area contributed by atoms with E-state index in [0.717, 1.165) is 49.3 Å². The number of hydrogen-bond acceptors (Lipinski definition) is 9. The van der Waals surface area contributed by atoms with E-state index in [4.69, 9.17) is 15.2 Å². The molecular formula is C24H33N7O3. The van der Waals surface area contributed by atoms with Gasteiger partial charge in [0.15, 0.2) is 5.82 Å². The van der Waals surface area contributed by atoms with E-state index in [9.17, 15) is 5.11 Å². The van der Waals surface area contributed by atoms with Crippen LogP contribution >= 0.6 is 0 Å². The number of benzene rings is 1. The minimum Gasteiger partial charge on any atom is -0.496 e. The summed E-state index contributed by atoms with van der Waals surface area (Å²) in [6.07, 6.45) is 4.66. The third-order valence-corrected chi connectivity index (χ3v) is 6.73. The van der Waals surface area contributed by atoms with E-state index in [1.54, 1.807) is 20.4 Å². The smallest absolute Gasteiger partial charge is 0.222 e. The van der Waals surface area contributed by atoms with Crippen molar-refractivity contribution in [3.63, 3.8) is 0 Å². The molecule has 0 unspecified atom stereocenters. The van der Waals surface area contributed by atoms with Crippen LogP contribution in [0.15, 0.2) is 24.4 Å². The summed E-state index contributed by atoms with van der Waals surface area (Å²) >= 11 is 0. The molecular weight excluding hydrogens is 434 g/mol. The van der Waals surface area contributed by atoms with Crippen LogP contribution in [0.5, 0.6) is 5.75 Å². The van der Waals surface area contributed by atoms with Gasteiger partial charge in [0.25, 0.3) is 0 Å². The van der Waals surface area contributed by atoms with Crippen LogP contribution in [-0.2, 0) is 17.8 Å². The highest BCUT2D eigenvalue weighted by Crippen LogP contribution is 2.34. The van der Waals surface area contributed by atoms with Gasteiger partial charge in [0.1, 0.15) is 16.8 Å². The molecule has 1 aromatic carbocycles. The molecule has 2 aliphatic rings. The van der Waals surface area contributed by atoms with E-state index in [1.165, 1.54) is 5.56 Å². The Morgan fingerprint density at radius 2 is 2.03 bits per heavy atom. The van der Waals surface area contributed by atoms with Gasteiger partial charge in [-0.15, -0.1) is 0 Å². The van der Waals surface area contributed by atoms with Crippen LogP contribution in [0.2, 0.25) is 0 Å². The minimum absolute atomic E-state index is 0.195. The Kier molecular flexibility index (Phi) is 6.53. The zero-order valence-electron chi connectivity index (χ0n) is 19.8. The second-order valence-corrected chi connectivity index (χ2v) is 9.28. The second-order valence-electron chi connectivity index (χ2n) is 9.28. The Labute approximate surface area is 199 Å². The molecule has 3 heterocycles. The third kappa shape index (κ3) is 4.94. The Balaban J connectivity index is 1.36. The van der Waals surface area contributed by atoms with Crippen molar-refractivity contribution in [2.75, 3.05) is 44.9 Å². The van der Waals surface area contributed by atoms with Crippen molar-refractivity contribution in [3.05, 3.63) is 35.5 Å². The number of hydrogen-bond donors (Lipinski definition) is 3. The fraction of sp³-hybridized carbons (Fsp3) is 0.542. The summed E-state index contributed by atoms with van der Waals surface area (Å²) in [6.45, 7) is 3.88. The summed E-state index contributed by atoms with van der Waals surface area (Å²) in [5.74, 6) is 2.08. The highest BCUT2D eigenvalue weighted by molar-refractivity contribution is 5.86. The van der Waals surface area contributed by atoms with E-state index in [-0.39, 0.29) is 12.1 Å². The molecule has 0 amide bonds. The molecule has 1 atom stereocenters. The van der Waals surface area contributed by atoms with Crippen LogP contribution in [0.1, 0.15) is 30.4 Å². The average molecular weight is 468 g/mol. The first-order chi connectivity index (χ1) is 16.5. The Morgan fingerprint density at radius 3 is 2.76 bits per heavy atom. The van der Waals surface area contributed by atoms with Crippen LogP contribution in [0, 0.1) is 5.92 Å². The first kappa shape index (κ1) is 22.8. The van der Waals surface area contributed by atoms with Gasteiger partial charge in [0.05, 0.1) is 32.1 Å². The van der Waals surface area contributed by atoms with Gasteiger partial charge in [-0.1, -0.05) is 6.07 Å². The fourth-order valence-corrected chi connectivity index (χ4v) is 4.59. The zero-order valence-corrected chi connectivity index (χ0v) is 19.8. The van der Waals surface area contributed by atoms with E-state index in [2.05, 4.69) is 37.4 Å². The molecule has 2 aromatic heterocycles. The van der Waals surface area contributed by atoms with Crippen LogP contribution in [0.25, 0.3) is 11.0 Å². The van der Waals surface area contributed by atoms with Crippen molar-refractivity contribution in [1.29, 1.82) is 0 Å². The Morgan fingerprint density at radius 1 is 1.21 bits per heavy atom. The number of likely N-dealkylation sites (tertiary alicyclic amines) is 1. The molecule has 0 bridgehead atoms. The van der Waals surface area contributed by atoms with E-state index < -0.39 is 0 Å². The number of methoxy groups -OCH3 is 2.